The zero-order valence-corrected chi connectivity index (χ0v) is 11.7. The van der Waals surface area contributed by atoms with E-state index in [2.05, 4.69) is 0 Å². The maximum atomic E-state index is 12.6. The van der Waals surface area contributed by atoms with Gasteiger partial charge in [0, 0.05) is 40.0 Å². The zero-order valence-electron chi connectivity index (χ0n) is 10.9. The van der Waals surface area contributed by atoms with Crippen LogP contribution < -0.4 is 0 Å². The van der Waals surface area contributed by atoms with Gasteiger partial charge in [-0.05, 0) is 18.9 Å². The van der Waals surface area contributed by atoms with Crippen LogP contribution in [-0.2, 0) is 0 Å². The number of thiophene rings is 1. The van der Waals surface area contributed by atoms with Crippen LogP contribution in [0, 0.1) is 5.92 Å². The number of piperidine rings is 1. The average molecular weight is 289 g/mol. The molecule has 0 atom stereocenters. The topological polar surface area (TPSA) is 57.6 Å². The molecule has 1 fully saturated rings. The Bertz CT molecular complexity index is 656. The highest BCUT2D eigenvalue weighted by molar-refractivity contribution is 7.17. The summed E-state index contributed by atoms with van der Waals surface area (Å²) in [4.78, 5) is 24.9. The highest BCUT2D eigenvalue weighted by atomic mass is 32.1. The van der Waals surface area contributed by atoms with E-state index in [-0.39, 0.29) is 11.7 Å². The highest BCUT2D eigenvalue weighted by Crippen LogP contribution is 2.30. The van der Waals surface area contributed by atoms with Crippen molar-refractivity contribution >= 4 is 33.3 Å². The lowest BCUT2D eigenvalue weighted by molar-refractivity contribution is 0.0823. The third-order valence-corrected chi connectivity index (χ3v) is 4.85. The summed E-state index contributed by atoms with van der Waals surface area (Å²) in [7, 11) is 0. The summed E-state index contributed by atoms with van der Waals surface area (Å²) in [6.45, 7) is 0.904. The fraction of sp³-hybridized carbons (Fsp3) is 0.333. The van der Waals surface area contributed by atoms with Crippen molar-refractivity contribution < 1.29 is 14.7 Å². The van der Waals surface area contributed by atoms with Crippen molar-refractivity contribution in [3.05, 3.63) is 35.2 Å². The van der Waals surface area contributed by atoms with Crippen molar-refractivity contribution in [3.8, 4) is 0 Å². The van der Waals surface area contributed by atoms with Gasteiger partial charge in [0.2, 0.25) is 0 Å². The van der Waals surface area contributed by atoms with Crippen LogP contribution in [0.5, 0.6) is 0 Å². The number of amides is 1. The van der Waals surface area contributed by atoms with Crippen molar-refractivity contribution in [2.45, 2.75) is 12.8 Å². The van der Waals surface area contributed by atoms with E-state index in [4.69, 9.17) is 5.11 Å². The number of hydrogen-bond donors (Lipinski definition) is 1. The normalized spacial score (nSPS) is 16.5. The van der Waals surface area contributed by atoms with Gasteiger partial charge in [0.1, 0.15) is 0 Å². The molecule has 20 heavy (non-hydrogen) atoms. The van der Waals surface area contributed by atoms with E-state index in [1.807, 2.05) is 29.6 Å². The van der Waals surface area contributed by atoms with Crippen LogP contribution in [0.4, 0.5) is 4.79 Å². The van der Waals surface area contributed by atoms with Crippen molar-refractivity contribution in [2.75, 3.05) is 13.1 Å². The van der Waals surface area contributed by atoms with Crippen LogP contribution in [0.25, 0.3) is 10.1 Å². The molecule has 5 heteroatoms. The second-order valence-corrected chi connectivity index (χ2v) is 5.96. The average Bonchev–Trinajstić information content (AvgIpc) is 2.90. The Labute approximate surface area is 120 Å². The molecule has 1 amide bonds. The second-order valence-electron chi connectivity index (χ2n) is 5.05. The van der Waals surface area contributed by atoms with E-state index in [1.165, 1.54) is 4.90 Å². The summed E-state index contributed by atoms with van der Waals surface area (Å²) in [6, 6.07) is 7.91. The Morgan fingerprint density at radius 1 is 1.20 bits per heavy atom. The lowest BCUT2D eigenvalue weighted by Gasteiger charge is -2.29. The van der Waals surface area contributed by atoms with Crippen molar-refractivity contribution in [1.29, 1.82) is 0 Å². The van der Waals surface area contributed by atoms with Crippen LogP contribution >= 0.6 is 11.3 Å². The van der Waals surface area contributed by atoms with Gasteiger partial charge in [0.25, 0.3) is 0 Å². The predicted octanol–water partition coefficient (Wildman–Crippen LogP) is 3.47. The molecule has 0 aliphatic carbocycles. The molecule has 1 aliphatic heterocycles. The van der Waals surface area contributed by atoms with E-state index in [0.29, 0.717) is 25.9 Å². The first-order valence-corrected chi connectivity index (χ1v) is 7.53. The van der Waals surface area contributed by atoms with Gasteiger partial charge in [0.15, 0.2) is 5.78 Å². The van der Waals surface area contributed by atoms with Gasteiger partial charge in [-0.3, -0.25) is 4.79 Å². The maximum Gasteiger partial charge on any atom is 0.407 e. The quantitative estimate of drug-likeness (QED) is 0.861. The third kappa shape index (κ3) is 2.29. The molecule has 4 nitrogen and oxygen atoms in total. The highest BCUT2D eigenvalue weighted by Gasteiger charge is 2.28. The van der Waals surface area contributed by atoms with Gasteiger partial charge in [0.05, 0.1) is 0 Å². The van der Waals surface area contributed by atoms with E-state index in [9.17, 15) is 9.59 Å². The second kappa shape index (κ2) is 5.25. The van der Waals surface area contributed by atoms with Gasteiger partial charge < -0.3 is 10.0 Å². The number of carbonyl (C=O) groups is 2. The molecule has 0 bridgehead atoms. The summed E-state index contributed by atoms with van der Waals surface area (Å²) < 4.78 is 1.12. The summed E-state index contributed by atoms with van der Waals surface area (Å²) >= 11 is 1.59. The molecule has 104 valence electrons. The van der Waals surface area contributed by atoms with Gasteiger partial charge in [-0.25, -0.2) is 4.79 Å². The predicted molar refractivity (Wildman–Crippen MR) is 78.5 cm³/mol. The number of fused-ring (bicyclic) bond motifs is 1. The number of Topliss-reactive ketones (excluding diaryl/α,β-unsaturated/α-hetero) is 1. The van der Waals surface area contributed by atoms with Crippen molar-refractivity contribution in [2.24, 2.45) is 5.92 Å². The Balaban J connectivity index is 1.78. The number of hydrogen-bond acceptors (Lipinski definition) is 3. The molecule has 1 aromatic heterocycles. The third-order valence-electron chi connectivity index (χ3n) is 3.88. The number of carboxylic acid groups (broad SMARTS) is 1. The van der Waals surface area contributed by atoms with E-state index < -0.39 is 6.09 Å². The SMILES string of the molecule is O=C(c1csc2ccccc12)C1CCN(C(=O)O)CC1. The number of nitrogens with zero attached hydrogens (tertiary/aromatic N) is 1. The van der Waals surface area contributed by atoms with Gasteiger partial charge in [-0.15, -0.1) is 11.3 Å². The largest absolute Gasteiger partial charge is 0.465 e. The van der Waals surface area contributed by atoms with Crippen molar-refractivity contribution in [3.63, 3.8) is 0 Å². The fourth-order valence-electron chi connectivity index (χ4n) is 2.72. The molecular formula is C15H15NO3S. The molecule has 0 unspecified atom stereocenters. The molecule has 1 aliphatic rings. The summed E-state index contributed by atoms with van der Waals surface area (Å²) in [6.07, 6.45) is 0.349. The molecule has 2 heterocycles. The molecule has 2 aromatic rings. The van der Waals surface area contributed by atoms with Gasteiger partial charge in [-0.1, -0.05) is 18.2 Å². The molecule has 1 aromatic carbocycles. The lowest BCUT2D eigenvalue weighted by Crippen LogP contribution is -2.39. The maximum absolute atomic E-state index is 12.6. The number of ketones is 1. The fourth-order valence-corrected chi connectivity index (χ4v) is 3.67. The Kier molecular flexibility index (Phi) is 3.44. The van der Waals surface area contributed by atoms with E-state index in [1.54, 1.807) is 11.3 Å². The Morgan fingerprint density at radius 3 is 2.60 bits per heavy atom. The van der Waals surface area contributed by atoms with Crippen LogP contribution in [0.2, 0.25) is 0 Å². The Hall–Kier alpha value is -1.88. The number of rotatable bonds is 2. The number of benzene rings is 1. The minimum Gasteiger partial charge on any atom is -0.465 e. The first-order valence-electron chi connectivity index (χ1n) is 6.65. The first kappa shape index (κ1) is 13.1. The molecule has 1 saturated heterocycles. The smallest absolute Gasteiger partial charge is 0.407 e. The van der Waals surface area contributed by atoms with Crippen LogP contribution in [0.15, 0.2) is 29.6 Å². The summed E-state index contributed by atoms with van der Waals surface area (Å²) in [5.74, 6) is 0.107. The van der Waals surface area contributed by atoms with Crippen molar-refractivity contribution in [1.82, 2.24) is 4.90 Å². The zero-order chi connectivity index (χ0) is 14.1. The van der Waals surface area contributed by atoms with E-state index >= 15 is 0 Å². The molecule has 0 saturated carbocycles. The molecule has 1 N–H and O–H groups in total. The van der Waals surface area contributed by atoms with E-state index in [0.717, 1.165) is 15.6 Å². The molecule has 0 radical (unpaired) electrons. The van der Waals surface area contributed by atoms with Crippen LogP contribution in [-0.4, -0.2) is 35.0 Å². The molecular weight excluding hydrogens is 274 g/mol. The summed E-state index contributed by atoms with van der Waals surface area (Å²) in [5.41, 5.74) is 0.791. The summed E-state index contributed by atoms with van der Waals surface area (Å²) in [5, 5.41) is 11.9. The minimum atomic E-state index is -0.892. The molecule has 3 rings (SSSR count). The number of likely N-dealkylation sites (tertiary alicyclic amines) is 1. The van der Waals surface area contributed by atoms with Gasteiger partial charge >= 0.3 is 6.09 Å². The first-order chi connectivity index (χ1) is 9.66. The number of carbonyl (C=O) groups excluding carboxylic acids is 1. The Morgan fingerprint density at radius 2 is 1.90 bits per heavy atom. The standard InChI is InChI=1S/C15H15NO3S/c17-14(10-5-7-16(8-6-10)15(18)19)12-9-20-13-4-2-1-3-11(12)13/h1-4,9-10H,5-8H2,(H,18,19). The van der Waals surface area contributed by atoms with Crippen LogP contribution in [0.1, 0.15) is 23.2 Å². The molecule has 0 spiro atoms. The van der Waals surface area contributed by atoms with Crippen LogP contribution in [0.3, 0.4) is 0 Å². The minimum absolute atomic E-state index is 0.0522. The monoisotopic (exact) mass is 289 g/mol. The lowest BCUT2D eigenvalue weighted by atomic mass is 9.89. The van der Waals surface area contributed by atoms with Gasteiger partial charge in [-0.2, -0.15) is 0 Å².